The number of piperidine rings is 1. The molecule has 2 amide bonds. The Kier molecular flexibility index (Phi) is 6.78. The Morgan fingerprint density at radius 1 is 1.16 bits per heavy atom. The van der Waals surface area contributed by atoms with Crippen molar-refractivity contribution < 1.29 is 14.3 Å². The number of rotatable bonds is 6. The maximum Gasteiger partial charge on any atom is 0.227 e. The number of amides is 2. The van der Waals surface area contributed by atoms with Crippen molar-refractivity contribution in [2.24, 2.45) is 5.92 Å². The molecule has 2 aromatic rings. The molecule has 31 heavy (non-hydrogen) atoms. The zero-order valence-corrected chi connectivity index (χ0v) is 18.5. The summed E-state index contributed by atoms with van der Waals surface area (Å²) in [6, 6.07) is 15.9. The lowest BCUT2D eigenvalue weighted by molar-refractivity contribution is -0.127. The van der Waals surface area contributed by atoms with Crippen molar-refractivity contribution in [3.05, 3.63) is 59.1 Å². The fraction of sp³-hybridized carbons (Fsp3) is 0.417. The third-order valence-electron chi connectivity index (χ3n) is 6.13. The lowest BCUT2D eigenvalue weighted by Crippen LogP contribution is -2.46. The quantitative estimate of drug-likeness (QED) is 0.745. The van der Waals surface area contributed by atoms with Crippen LogP contribution in [0.25, 0.3) is 0 Å². The van der Waals surface area contributed by atoms with Gasteiger partial charge >= 0.3 is 0 Å². The number of nitrogens with zero attached hydrogens (tertiary/aromatic N) is 2. The molecular formula is C24H28ClN3O3. The molecule has 2 aliphatic rings. The van der Waals surface area contributed by atoms with Crippen LogP contribution < -0.4 is 15.0 Å². The second-order valence-corrected chi connectivity index (χ2v) is 8.68. The van der Waals surface area contributed by atoms with Gasteiger partial charge < -0.3 is 15.0 Å². The first-order chi connectivity index (χ1) is 15.0. The fourth-order valence-corrected chi connectivity index (χ4v) is 4.60. The van der Waals surface area contributed by atoms with E-state index in [0.717, 1.165) is 32.5 Å². The Labute approximate surface area is 188 Å². The predicted octanol–water partition coefficient (Wildman–Crippen LogP) is 3.48. The number of carbonyl (C=O) groups is 2. The van der Waals surface area contributed by atoms with Crippen LogP contribution in [0.5, 0.6) is 5.75 Å². The number of benzene rings is 2. The number of hydrogen-bond acceptors (Lipinski definition) is 4. The number of ether oxygens (including phenoxy) is 1. The molecule has 2 fully saturated rings. The standard InChI is InChI=1S/C24H28ClN3O3/c1-31-22-8-7-20(14-21(22)25)28-16-18(13-23(28)29)24(30)26-19-9-11-27(12-10-19)15-17-5-3-2-4-6-17/h2-8,14,18-19H,9-13,15-16H2,1H3,(H,26,30)/t18-/m0/s1. The summed E-state index contributed by atoms with van der Waals surface area (Å²) < 4.78 is 5.17. The monoisotopic (exact) mass is 441 g/mol. The smallest absolute Gasteiger partial charge is 0.227 e. The molecule has 0 spiro atoms. The fourth-order valence-electron chi connectivity index (χ4n) is 4.35. The molecule has 7 heteroatoms. The van der Waals surface area contributed by atoms with Gasteiger partial charge in [-0.2, -0.15) is 0 Å². The number of anilines is 1. The van der Waals surface area contributed by atoms with Crippen molar-refractivity contribution in [2.45, 2.75) is 31.8 Å². The number of hydrogen-bond donors (Lipinski definition) is 1. The second kappa shape index (κ2) is 9.71. The van der Waals surface area contributed by atoms with Crippen LogP contribution in [-0.2, 0) is 16.1 Å². The van der Waals surface area contributed by atoms with E-state index in [0.29, 0.717) is 23.0 Å². The third kappa shape index (κ3) is 5.20. The molecule has 2 aromatic carbocycles. The Hall–Kier alpha value is -2.57. The number of likely N-dealkylation sites (tertiary alicyclic amines) is 1. The average molecular weight is 442 g/mol. The van der Waals surface area contributed by atoms with Crippen LogP contribution in [0, 0.1) is 5.92 Å². The van der Waals surface area contributed by atoms with Crippen LogP contribution in [0.2, 0.25) is 5.02 Å². The van der Waals surface area contributed by atoms with E-state index in [1.54, 1.807) is 30.2 Å². The SMILES string of the molecule is COc1ccc(N2C[C@@H](C(=O)NC3CCN(Cc4ccccc4)CC3)CC2=O)cc1Cl. The molecule has 2 heterocycles. The van der Waals surface area contributed by atoms with Crippen molar-refractivity contribution in [2.75, 3.05) is 31.6 Å². The highest BCUT2D eigenvalue weighted by atomic mass is 35.5. The minimum Gasteiger partial charge on any atom is -0.495 e. The van der Waals surface area contributed by atoms with Crippen molar-refractivity contribution in [3.8, 4) is 5.75 Å². The molecule has 0 bridgehead atoms. The van der Waals surface area contributed by atoms with Gasteiger partial charge in [-0.25, -0.2) is 0 Å². The van der Waals surface area contributed by atoms with Crippen LogP contribution in [0.1, 0.15) is 24.8 Å². The number of nitrogens with one attached hydrogen (secondary N) is 1. The van der Waals surface area contributed by atoms with Gasteiger partial charge in [-0.15, -0.1) is 0 Å². The number of halogens is 1. The van der Waals surface area contributed by atoms with Crippen molar-refractivity contribution in [1.29, 1.82) is 0 Å². The third-order valence-corrected chi connectivity index (χ3v) is 6.42. The highest BCUT2D eigenvalue weighted by molar-refractivity contribution is 6.32. The molecule has 1 N–H and O–H groups in total. The molecule has 0 aromatic heterocycles. The molecule has 0 aliphatic carbocycles. The molecule has 0 unspecified atom stereocenters. The summed E-state index contributed by atoms with van der Waals surface area (Å²) in [4.78, 5) is 29.4. The first-order valence-electron chi connectivity index (χ1n) is 10.7. The Morgan fingerprint density at radius 2 is 1.90 bits per heavy atom. The highest BCUT2D eigenvalue weighted by Gasteiger charge is 2.36. The van der Waals surface area contributed by atoms with Gasteiger partial charge in [0.1, 0.15) is 5.75 Å². The van der Waals surface area contributed by atoms with Crippen LogP contribution in [0.4, 0.5) is 5.69 Å². The van der Waals surface area contributed by atoms with Gasteiger partial charge in [0.25, 0.3) is 0 Å². The van der Waals surface area contributed by atoms with Gasteiger partial charge in [0.15, 0.2) is 0 Å². The lowest BCUT2D eigenvalue weighted by atomic mass is 10.0. The molecule has 0 radical (unpaired) electrons. The summed E-state index contributed by atoms with van der Waals surface area (Å²) in [7, 11) is 1.55. The van der Waals surface area contributed by atoms with Gasteiger partial charge in [-0.05, 0) is 36.6 Å². The largest absolute Gasteiger partial charge is 0.495 e. The average Bonchev–Trinajstić information content (AvgIpc) is 3.17. The number of carbonyl (C=O) groups excluding carboxylic acids is 2. The van der Waals surface area contributed by atoms with Crippen molar-refractivity contribution in [1.82, 2.24) is 10.2 Å². The van der Waals surface area contributed by atoms with Gasteiger partial charge in [-0.1, -0.05) is 41.9 Å². The molecule has 2 aliphatic heterocycles. The maximum atomic E-state index is 12.8. The van der Waals surface area contributed by atoms with Crippen molar-refractivity contribution in [3.63, 3.8) is 0 Å². The van der Waals surface area contributed by atoms with Crippen LogP contribution in [-0.4, -0.2) is 49.5 Å². The Balaban J connectivity index is 1.28. The highest BCUT2D eigenvalue weighted by Crippen LogP contribution is 2.32. The van der Waals surface area contributed by atoms with Crippen LogP contribution in [0.3, 0.4) is 0 Å². The van der Waals surface area contributed by atoms with E-state index in [9.17, 15) is 9.59 Å². The summed E-state index contributed by atoms with van der Waals surface area (Å²) in [5.41, 5.74) is 2.01. The summed E-state index contributed by atoms with van der Waals surface area (Å²) in [6.45, 7) is 3.23. The zero-order valence-electron chi connectivity index (χ0n) is 17.7. The van der Waals surface area contributed by atoms with E-state index in [-0.39, 0.29) is 30.2 Å². The summed E-state index contributed by atoms with van der Waals surface area (Å²) in [5.74, 6) is 0.136. The Bertz CT molecular complexity index is 929. The van der Waals surface area contributed by atoms with E-state index in [4.69, 9.17) is 16.3 Å². The second-order valence-electron chi connectivity index (χ2n) is 8.27. The lowest BCUT2D eigenvalue weighted by Gasteiger charge is -2.32. The molecule has 164 valence electrons. The van der Waals surface area contributed by atoms with Gasteiger partial charge in [0.05, 0.1) is 18.1 Å². The van der Waals surface area contributed by atoms with E-state index in [1.165, 1.54) is 5.56 Å². The van der Waals surface area contributed by atoms with Crippen molar-refractivity contribution >= 4 is 29.1 Å². The molecule has 1 atom stereocenters. The molecule has 6 nitrogen and oxygen atoms in total. The van der Waals surface area contributed by atoms with E-state index < -0.39 is 0 Å². The summed E-state index contributed by atoms with van der Waals surface area (Å²) in [5, 5.41) is 3.62. The maximum absolute atomic E-state index is 12.8. The molecule has 2 saturated heterocycles. The van der Waals surface area contributed by atoms with E-state index >= 15 is 0 Å². The van der Waals surface area contributed by atoms with Gasteiger partial charge in [-0.3, -0.25) is 14.5 Å². The number of methoxy groups -OCH3 is 1. The van der Waals surface area contributed by atoms with E-state index in [2.05, 4.69) is 34.5 Å². The Morgan fingerprint density at radius 3 is 2.58 bits per heavy atom. The van der Waals surface area contributed by atoms with Crippen LogP contribution >= 0.6 is 11.6 Å². The van der Waals surface area contributed by atoms with Crippen LogP contribution in [0.15, 0.2) is 48.5 Å². The van der Waals surface area contributed by atoms with E-state index in [1.807, 2.05) is 6.07 Å². The van der Waals surface area contributed by atoms with Gasteiger partial charge in [0, 0.05) is 44.3 Å². The zero-order chi connectivity index (χ0) is 21.8. The molecular weight excluding hydrogens is 414 g/mol. The summed E-state index contributed by atoms with van der Waals surface area (Å²) in [6.07, 6.45) is 2.08. The minimum absolute atomic E-state index is 0.0306. The molecule has 0 saturated carbocycles. The summed E-state index contributed by atoms with van der Waals surface area (Å²) >= 11 is 6.20. The minimum atomic E-state index is -0.337. The normalized spacial score (nSPS) is 20.1. The molecule has 4 rings (SSSR count). The topological polar surface area (TPSA) is 61.9 Å². The van der Waals surface area contributed by atoms with Gasteiger partial charge in [0.2, 0.25) is 11.8 Å². The first-order valence-corrected chi connectivity index (χ1v) is 11.1. The first kappa shape index (κ1) is 21.7. The predicted molar refractivity (Wildman–Crippen MR) is 121 cm³/mol.